The van der Waals surface area contributed by atoms with E-state index in [1.165, 1.54) is 109 Å². The van der Waals surface area contributed by atoms with E-state index >= 15 is 0 Å². The van der Waals surface area contributed by atoms with Crippen molar-refractivity contribution in [3.8, 4) is 0 Å². The van der Waals surface area contributed by atoms with Crippen molar-refractivity contribution in [1.29, 1.82) is 0 Å². The van der Waals surface area contributed by atoms with Gasteiger partial charge >= 0.3 is 5.97 Å². The number of carbonyl (C=O) groups is 2. The first-order valence-corrected chi connectivity index (χ1v) is 37.0. The molecule has 0 aromatic rings. The van der Waals surface area contributed by atoms with E-state index < -0.39 is 26.6 Å². The Hall–Kier alpha value is -3.85. The zero-order chi connectivity index (χ0) is 63.5. The number of hydrogen-bond donors (Lipinski definition) is 1. The van der Waals surface area contributed by atoms with Gasteiger partial charge in [0.2, 0.25) is 5.91 Å². The molecular formula is C77H133N2O7P. The Balaban J connectivity index is 5.06. The molecule has 0 aliphatic carbocycles. The van der Waals surface area contributed by atoms with Crippen molar-refractivity contribution in [3.63, 3.8) is 0 Å². The summed E-state index contributed by atoms with van der Waals surface area (Å²) in [5, 5.41) is 3.03. The number of phosphoric acid groups is 1. The first-order valence-electron chi connectivity index (χ1n) is 35.5. The summed E-state index contributed by atoms with van der Waals surface area (Å²) in [6.45, 7) is 6.60. The Kier molecular flexibility index (Phi) is 62.2. The molecular weight excluding hydrogens is 1100 g/mol. The van der Waals surface area contributed by atoms with Crippen LogP contribution in [0, 0.1) is 0 Å². The van der Waals surface area contributed by atoms with E-state index in [-0.39, 0.29) is 24.9 Å². The lowest BCUT2D eigenvalue weighted by molar-refractivity contribution is -0.870. The Morgan fingerprint density at radius 2 is 0.736 bits per heavy atom. The molecule has 0 fully saturated rings. The van der Waals surface area contributed by atoms with Gasteiger partial charge in [0.15, 0.2) is 0 Å². The number of carbonyl (C=O) groups excluding carboxylic acids is 2. The second-order valence-corrected chi connectivity index (χ2v) is 26.0. The summed E-state index contributed by atoms with van der Waals surface area (Å²) in [6, 6.07) is -0.906. The normalized spacial score (nSPS) is 14.3. The van der Waals surface area contributed by atoms with Crippen LogP contribution < -0.4 is 10.2 Å². The fraction of sp³-hybridized carbons (Fsp3) is 0.688. The number of phosphoric ester groups is 1. The molecule has 87 heavy (non-hydrogen) atoms. The number of rotatable bonds is 63. The molecule has 0 aromatic carbocycles. The van der Waals surface area contributed by atoms with Crippen molar-refractivity contribution in [2.75, 3.05) is 40.9 Å². The third-order valence-corrected chi connectivity index (χ3v) is 16.0. The van der Waals surface area contributed by atoms with Crippen LogP contribution >= 0.6 is 7.82 Å². The average molecular weight is 1230 g/mol. The first-order chi connectivity index (χ1) is 42.4. The molecule has 1 amide bonds. The van der Waals surface area contributed by atoms with E-state index in [1.54, 1.807) is 0 Å². The minimum Gasteiger partial charge on any atom is -0.756 e. The van der Waals surface area contributed by atoms with Crippen LogP contribution in [0.4, 0.5) is 0 Å². The second kappa shape index (κ2) is 65.1. The predicted octanol–water partition coefficient (Wildman–Crippen LogP) is 22.2. The van der Waals surface area contributed by atoms with Gasteiger partial charge in [-0.3, -0.25) is 14.2 Å². The van der Waals surface area contributed by atoms with Gasteiger partial charge in [-0.25, -0.2) is 0 Å². The van der Waals surface area contributed by atoms with Gasteiger partial charge in [0.25, 0.3) is 7.82 Å². The van der Waals surface area contributed by atoms with Crippen LogP contribution in [-0.4, -0.2) is 69.4 Å². The lowest BCUT2D eigenvalue weighted by Crippen LogP contribution is -2.47. The smallest absolute Gasteiger partial charge is 0.306 e. The van der Waals surface area contributed by atoms with Crippen molar-refractivity contribution < 1.29 is 37.3 Å². The number of ether oxygens (including phenoxy) is 1. The molecule has 0 aromatic heterocycles. The molecule has 498 valence electrons. The topological polar surface area (TPSA) is 114 Å². The summed E-state index contributed by atoms with van der Waals surface area (Å²) < 4.78 is 30.4. The number of esters is 1. The minimum absolute atomic E-state index is 0.0316. The Morgan fingerprint density at radius 1 is 0.414 bits per heavy atom. The molecule has 3 unspecified atom stereocenters. The molecule has 9 nitrogen and oxygen atoms in total. The molecule has 0 radical (unpaired) electrons. The van der Waals surface area contributed by atoms with E-state index in [1.807, 2.05) is 33.3 Å². The summed E-state index contributed by atoms with van der Waals surface area (Å²) in [5.74, 6) is -0.561. The number of nitrogens with one attached hydrogen (secondary N) is 1. The first kappa shape index (κ1) is 83.2. The number of likely N-dealkylation sites (N-methyl/N-ethyl adjacent to an activating group) is 1. The maximum atomic E-state index is 13.6. The third kappa shape index (κ3) is 66.4. The van der Waals surface area contributed by atoms with Gasteiger partial charge in [0, 0.05) is 12.8 Å². The van der Waals surface area contributed by atoms with Gasteiger partial charge in [0.05, 0.1) is 33.8 Å². The number of nitrogens with zero attached hydrogens (tertiary/aromatic N) is 1. The maximum absolute atomic E-state index is 13.6. The monoisotopic (exact) mass is 1230 g/mol. The maximum Gasteiger partial charge on any atom is 0.306 e. The van der Waals surface area contributed by atoms with E-state index in [4.69, 9.17) is 13.8 Å². The molecule has 0 saturated carbocycles. The summed E-state index contributed by atoms with van der Waals surface area (Å²) in [4.78, 5) is 40.2. The van der Waals surface area contributed by atoms with Crippen molar-refractivity contribution in [3.05, 3.63) is 134 Å². The number of hydrogen-bond acceptors (Lipinski definition) is 7. The number of unbranched alkanes of at least 4 members (excludes halogenated alkanes) is 27. The Bertz CT molecular complexity index is 1950. The zero-order valence-electron chi connectivity index (χ0n) is 56.9. The van der Waals surface area contributed by atoms with E-state index in [0.717, 1.165) is 148 Å². The van der Waals surface area contributed by atoms with E-state index in [2.05, 4.69) is 148 Å². The van der Waals surface area contributed by atoms with E-state index in [9.17, 15) is 19.0 Å². The highest BCUT2D eigenvalue weighted by atomic mass is 31.2. The zero-order valence-corrected chi connectivity index (χ0v) is 57.8. The number of allylic oxidation sites excluding steroid dienone is 21. The van der Waals surface area contributed by atoms with Crippen LogP contribution in [0.2, 0.25) is 0 Å². The molecule has 0 saturated heterocycles. The fourth-order valence-corrected chi connectivity index (χ4v) is 10.4. The summed E-state index contributed by atoms with van der Waals surface area (Å²) in [7, 11) is 1.16. The van der Waals surface area contributed by atoms with Crippen LogP contribution in [0.5, 0.6) is 0 Å². The van der Waals surface area contributed by atoms with Crippen LogP contribution in [0.15, 0.2) is 134 Å². The highest BCUT2D eigenvalue weighted by Gasteiger charge is 2.27. The van der Waals surface area contributed by atoms with Crippen molar-refractivity contribution in [2.24, 2.45) is 0 Å². The van der Waals surface area contributed by atoms with Gasteiger partial charge in [-0.15, -0.1) is 0 Å². The molecule has 0 aliphatic rings. The van der Waals surface area contributed by atoms with Crippen LogP contribution in [-0.2, 0) is 27.9 Å². The molecule has 3 atom stereocenters. The van der Waals surface area contributed by atoms with Gasteiger partial charge in [-0.1, -0.05) is 290 Å². The Labute approximate surface area is 536 Å². The molecule has 10 heteroatoms. The average Bonchev–Trinajstić information content (AvgIpc) is 3.70. The highest BCUT2D eigenvalue weighted by molar-refractivity contribution is 7.45. The summed E-state index contributed by atoms with van der Waals surface area (Å²) in [6.07, 6.45) is 92.9. The predicted molar refractivity (Wildman–Crippen MR) is 376 cm³/mol. The van der Waals surface area contributed by atoms with Crippen LogP contribution in [0.25, 0.3) is 0 Å². The quantitative estimate of drug-likeness (QED) is 0.0212. The van der Waals surface area contributed by atoms with Gasteiger partial charge in [-0.05, 0) is 122 Å². The lowest BCUT2D eigenvalue weighted by Gasteiger charge is -2.30. The van der Waals surface area contributed by atoms with Crippen molar-refractivity contribution >= 4 is 19.7 Å². The SMILES string of the molecule is CC/C=C\C/C=C\C/C=C\C/C=C\C/C=C\CCCCCCCCCCCCCC(=O)OC(/C=C/CCCCCCCCCCC)C(COP(=O)([O-])OCC[N+](C)(C)C)NC(=O)CCCCCCCCC/C=C\C/C=C\C/C=C\C/C=C\C/C=C\CC. The number of amides is 1. The molecule has 0 aliphatic heterocycles. The van der Waals surface area contributed by atoms with Crippen LogP contribution in [0.3, 0.4) is 0 Å². The third-order valence-electron chi connectivity index (χ3n) is 15.1. The fourth-order valence-electron chi connectivity index (χ4n) is 9.69. The molecule has 0 heterocycles. The van der Waals surface area contributed by atoms with Crippen LogP contribution in [0.1, 0.15) is 290 Å². The molecule has 0 bridgehead atoms. The molecule has 0 rings (SSSR count). The minimum atomic E-state index is -4.72. The molecule has 0 spiro atoms. The van der Waals surface area contributed by atoms with Gasteiger partial charge in [0.1, 0.15) is 19.3 Å². The summed E-state index contributed by atoms with van der Waals surface area (Å²) >= 11 is 0. The number of quaternary nitrogens is 1. The second-order valence-electron chi connectivity index (χ2n) is 24.6. The van der Waals surface area contributed by atoms with Gasteiger partial charge < -0.3 is 28.5 Å². The van der Waals surface area contributed by atoms with Crippen molar-refractivity contribution in [2.45, 2.75) is 303 Å². The lowest BCUT2D eigenvalue weighted by atomic mass is 10.0. The summed E-state index contributed by atoms with van der Waals surface area (Å²) in [5.41, 5.74) is 0. The Morgan fingerprint density at radius 3 is 1.10 bits per heavy atom. The largest absolute Gasteiger partial charge is 0.756 e. The standard InChI is InChI=1S/C77H133N2O7P/c1-7-10-13-16-19-22-25-27-29-31-33-35-37-38-39-40-42-44-46-48-50-52-55-58-61-64-67-70-77(81)86-75(68-65-62-59-56-53-24-21-18-15-12-9-3)74(73-85-87(82,83)84-72-71-79(4,5)6)78-76(80)69-66-63-60-57-54-51-49-47-45-43-41-36-34-32-30-28-26-23-20-17-14-11-8-2/h10-11,13-14,19-20,22-23,27-30,33-36,38-39,43,45,65,68,74-75H,7-9,12,15-18,21,24-26,31-32,37,40-42,44,46-64,66-67,69-73H2,1-6H3,(H-,78,80,82,83)/b13-10-,14-11-,22-19-,23-20-,29-27-,30-28-,35-33-,36-34-,39-38-,45-43-,68-65+. The highest BCUT2D eigenvalue weighted by Crippen LogP contribution is 2.38. The van der Waals surface area contributed by atoms with Gasteiger partial charge in [-0.2, -0.15) is 0 Å². The van der Waals surface area contributed by atoms with Crippen molar-refractivity contribution in [1.82, 2.24) is 5.32 Å². The van der Waals surface area contributed by atoms with E-state index in [0.29, 0.717) is 17.4 Å². The molecule has 1 N–H and O–H groups in total.